The van der Waals surface area contributed by atoms with E-state index < -0.39 is 0 Å². The van der Waals surface area contributed by atoms with Crippen molar-refractivity contribution in [2.75, 3.05) is 6.54 Å². The number of hydrogen-bond acceptors (Lipinski definition) is 4. The summed E-state index contributed by atoms with van der Waals surface area (Å²) in [4.78, 5) is 19.7. The molecule has 0 spiro atoms. The smallest absolute Gasteiger partial charge is 0.272 e. The van der Waals surface area contributed by atoms with Gasteiger partial charge in [0.1, 0.15) is 17.3 Å². The molecule has 2 aromatic heterocycles. The minimum absolute atomic E-state index is 0.0640. The summed E-state index contributed by atoms with van der Waals surface area (Å²) in [5.74, 6) is 2.12. The van der Waals surface area contributed by atoms with Crippen LogP contribution in [0.15, 0.2) is 61.1 Å². The fraction of sp³-hybridized carbons (Fsp3) is 0.308. The molecule has 2 aromatic carbocycles. The molecule has 0 saturated heterocycles. The monoisotopic (exact) mass is 456 g/mol. The molecular weight excluding hydrogens is 431 g/mol. The molecule has 172 valence electrons. The van der Waals surface area contributed by atoms with Gasteiger partial charge in [-0.3, -0.25) is 4.79 Å². The standard InChI is InChI=1S/C26H25FN6O/c1-17(21-4-2-3-5-22(21)18-8-10-20(27)11-9-18)33-16-28-14-23(33)26(34)31-12-13-32-24(15-31)29-30-25(32)19-6-7-19/h2-5,8-11,14,16-17,19H,6-7,12-13,15H2,1H3/t17-/m0/s1. The van der Waals surface area contributed by atoms with E-state index in [1.807, 2.05) is 33.7 Å². The average Bonchev–Trinajstić information content (AvgIpc) is 3.43. The van der Waals surface area contributed by atoms with E-state index in [2.05, 4.69) is 26.7 Å². The Morgan fingerprint density at radius 2 is 1.85 bits per heavy atom. The van der Waals surface area contributed by atoms with E-state index in [0.29, 0.717) is 24.7 Å². The summed E-state index contributed by atoms with van der Waals surface area (Å²) in [6.07, 6.45) is 5.69. The van der Waals surface area contributed by atoms with E-state index >= 15 is 0 Å². The molecule has 0 radical (unpaired) electrons. The Bertz CT molecular complexity index is 1350. The fourth-order valence-electron chi connectivity index (χ4n) is 4.84. The molecule has 34 heavy (non-hydrogen) atoms. The van der Waals surface area contributed by atoms with Gasteiger partial charge in [-0.05, 0) is 48.6 Å². The van der Waals surface area contributed by atoms with Crippen molar-refractivity contribution in [2.45, 2.75) is 44.8 Å². The predicted molar refractivity (Wildman–Crippen MR) is 125 cm³/mol. The lowest BCUT2D eigenvalue weighted by Gasteiger charge is -2.29. The predicted octanol–water partition coefficient (Wildman–Crippen LogP) is 4.42. The number of rotatable bonds is 5. The van der Waals surface area contributed by atoms with Crippen LogP contribution in [-0.4, -0.2) is 41.7 Å². The maximum absolute atomic E-state index is 13.5. The molecule has 7 nitrogen and oxygen atoms in total. The first-order chi connectivity index (χ1) is 16.6. The molecule has 6 rings (SSSR count). The van der Waals surface area contributed by atoms with Crippen molar-refractivity contribution in [1.82, 2.24) is 29.2 Å². The Morgan fingerprint density at radius 1 is 1.06 bits per heavy atom. The Labute approximate surface area is 196 Å². The van der Waals surface area contributed by atoms with Gasteiger partial charge in [-0.2, -0.15) is 0 Å². The second-order valence-corrected chi connectivity index (χ2v) is 9.08. The molecule has 0 N–H and O–H groups in total. The zero-order chi connectivity index (χ0) is 23.2. The van der Waals surface area contributed by atoms with Gasteiger partial charge in [0.15, 0.2) is 5.82 Å². The van der Waals surface area contributed by atoms with Crippen LogP contribution in [0.5, 0.6) is 0 Å². The first-order valence-corrected chi connectivity index (χ1v) is 11.7. The summed E-state index contributed by atoms with van der Waals surface area (Å²) in [6, 6.07) is 14.4. The number of fused-ring (bicyclic) bond motifs is 1. The molecule has 1 atom stereocenters. The molecule has 1 fully saturated rings. The van der Waals surface area contributed by atoms with Gasteiger partial charge in [-0.15, -0.1) is 10.2 Å². The van der Waals surface area contributed by atoms with Gasteiger partial charge in [0.25, 0.3) is 5.91 Å². The lowest BCUT2D eigenvalue weighted by Crippen LogP contribution is -2.39. The molecule has 1 aliphatic heterocycles. The van der Waals surface area contributed by atoms with Crippen molar-refractivity contribution in [3.05, 3.63) is 89.8 Å². The fourth-order valence-corrected chi connectivity index (χ4v) is 4.84. The third-order valence-electron chi connectivity index (χ3n) is 6.88. The number of nitrogens with zero attached hydrogens (tertiary/aromatic N) is 6. The summed E-state index contributed by atoms with van der Waals surface area (Å²) in [6.45, 7) is 3.84. The van der Waals surface area contributed by atoms with Crippen LogP contribution in [0.1, 0.15) is 59.4 Å². The second-order valence-electron chi connectivity index (χ2n) is 9.08. The third kappa shape index (κ3) is 3.59. The number of aromatic nitrogens is 5. The second kappa shape index (κ2) is 8.20. The number of carbonyl (C=O) groups excluding carboxylic acids is 1. The van der Waals surface area contributed by atoms with Crippen LogP contribution in [0.4, 0.5) is 4.39 Å². The maximum Gasteiger partial charge on any atom is 0.272 e. The minimum Gasteiger partial charge on any atom is -0.328 e. The molecule has 4 aromatic rings. The summed E-state index contributed by atoms with van der Waals surface area (Å²) in [5.41, 5.74) is 3.50. The van der Waals surface area contributed by atoms with Crippen LogP contribution in [0.3, 0.4) is 0 Å². The largest absolute Gasteiger partial charge is 0.328 e. The number of amides is 1. The summed E-state index contributed by atoms with van der Waals surface area (Å²) >= 11 is 0. The van der Waals surface area contributed by atoms with E-state index in [9.17, 15) is 9.18 Å². The molecular formula is C26H25FN6O. The van der Waals surface area contributed by atoms with Crippen LogP contribution < -0.4 is 0 Å². The number of hydrogen-bond donors (Lipinski definition) is 0. The zero-order valence-corrected chi connectivity index (χ0v) is 18.9. The van der Waals surface area contributed by atoms with Crippen molar-refractivity contribution in [3.63, 3.8) is 0 Å². The zero-order valence-electron chi connectivity index (χ0n) is 18.9. The molecule has 3 heterocycles. The average molecular weight is 457 g/mol. The SMILES string of the molecule is C[C@@H](c1ccccc1-c1ccc(F)cc1)n1cncc1C(=O)N1CCn2c(nnc2C2CC2)C1. The van der Waals surface area contributed by atoms with Gasteiger partial charge >= 0.3 is 0 Å². The third-order valence-corrected chi connectivity index (χ3v) is 6.88. The van der Waals surface area contributed by atoms with Gasteiger partial charge < -0.3 is 14.0 Å². The van der Waals surface area contributed by atoms with Crippen LogP contribution in [0, 0.1) is 5.82 Å². The van der Waals surface area contributed by atoms with Crippen molar-refractivity contribution >= 4 is 5.91 Å². The first-order valence-electron chi connectivity index (χ1n) is 11.7. The summed E-state index contributed by atoms with van der Waals surface area (Å²) in [5, 5.41) is 8.74. The Kier molecular flexibility index (Phi) is 5.01. The number of benzene rings is 2. The maximum atomic E-state index is 13.5. The highest BCUT2D eigenvalue weighted by Gasteiger charge is 2.33. The summed E-state index contributed by atoms with van der Waals surface area (Å²) < 4.78 is 17.6. The molecule has 8 heteroatoms. The van der Waals surface area contributed by atoms with E-state index in [1.54, 1.807) is 24.7 Å². The van der Waals surface area contributed by atoms with Crippen molar-refractivity contribution in [2.24, 2.45) is 0 Å². The van der Waals surface area contributed by atoms with E-state index in [-0.39, 0.29) is 17.8 Å². The molecule has 0 bridgehead atoms. The van der Waals surface area contributed by atoms with Gasteiger partial charge in [0.2, 0.25) is 0 Å². The lowest BCUT2D eigenvalue weighted by atomic mass is 9.95. The minimum atomic E-state index is -0.265. The molecule has 1 saturated carbocycles. The van der Waals surface area contributed by atoms with Crippen molar-refractivity contribution in [1.29, 1.82) is 0 Å². The van der Waals surface area contributed by atoms with E-state index in [0.717, 1.165) is 34.9 Å². The molecule has 1 amide bonds. The van der Waals surface area contributed by atoms with E-state index in [4.69, 9.17) is 0 Å². The van der Waals surface area contributed by atoms with Gasteiger partial charge in [0, 0.05) is 19.0 Å². The quantitative estimate of drug-likeness (QED) is 0.446. The van der Waals surface area contributed by atoms with Crippen LogP contribution in [0.2, 0.25) is 0 Å². The highest BCUT2D eigenvalue weighted by Crippen LogP contribution is 2.39. The Hall–Kier alpha value is -3.81. The number of imidazole rings is 1. The Balaban J connectivity index is 1.28. The van der Waals surface area contributed by atoms with Crippen molar-refractivity contribution < 1.29 is 9.18 Å². The van der Waals surface area contributed by atoms with Gasteiger partial charge in [-0.25, -0.2) is 9.37 Å². The highest BCUT2D eigenvalue weighted by molar-refractivity contribution is 5.92. The van der Waals surface area contributed by atoms with Gasteiger partial charge in [-0.1, -0.05) is 36.4 Å². The number of halogens is 1. The topological polar surface area (TPSA) is 68.8 Å². The van der Waals surface area contributed by atoms with Crippen LogP contribution in [-0.2, 0) is 13.1 Å². The van der Waals surface area contributed by atoms with Crippen LogP contribution in [0.25, 0.3) is 11.1 Å². The Morgan fingerprint density at radius 3 is 2.65 bits per heavy atom. The van der Waals surface area contributed by atoms with E-state index in [1.165, 1.54) is 25.0 Å². The highest BCUT2D eigenvalue weighted by atomic mass is 19.1. The molecule has 0 unspecified atom stereocenters. The van der Waals surface area contributed by atoms with Crippen LogP contribution >= 0.6 is 0 Å². The van der Waals surface area contributed by atoms with Gasteiger partial charge in [0.05, 0.1) is 25.1 Å². The first kappa shape index (κ1) is 20.8. The summed E-state index contributed by atoms with van der Waals surface area (Å²) in [7, 11) is 0. The number of carbonyl (C=O) groups is 1. The normalized spacial score (nSPS) is 16.4. The molecule has 1 aliphatic carbocycles. The van der Waals surface area contributed by atoms with Crippen molar-refractivity contribution in [3.8, 4) is 11.1 Å². The lowest BCUT2D eigenvalue weighted by molar-refractivity contribution is 0.0694. The molecule has 2 aliphatic rings.